The monoisotopic (exact) mass is 572 g/mol. The molecule has 9 atom stereocenters. The molecule has 2 saturated heterocycles. The van der Waals surface area contributed by atoms with E-state index in [4.69, 9.17) is 24.6 Å². The predicted molar refractivity (Wildman–Crippen MR) is 118 cm³/mol. The molecule has 2 aromatic heterocycles. The Bertz CT molecular complexity index is 1300. The summed E-state index contributed by atoms with van der Waals surface area (Å²) in [6, 6.07) is 2.05. The number of nitrogens with zero attached hydrogens (tertiary/aromatic N) is 2. The van der Waals surface area contributed by atoms with E-state index >= 15 is 0 Å². The quantitative estimate of drug-likeness (QED) is 0.0965. The molecule has 2 aliphatic rings. The maximum atomic E-state index is 13.8. The number of aliphatic hydroxyl groups is 4. The summed E-state index contributed by atoms with van der Waals surface area (Å²) in [4.78, 5) is 62.0. The number of ether oxygens (including phenoxy) is 2. The van der Waals surface area contributed by atoms with Gasteiger partial charge in [0.25, 0.3) is 11.1 Å². The largest absolute Gasteiger partial charge is 0.394 e. The smallest absolute Gasteiger partial charge is 0.330 e. The van der Waals surface area contributed by atoms with Crippen LogP contribution in [0.4, 0.5) is 8.78 Å². The van der Waals surface area contributed by atoms with Gasteiger partial charge in [-0.2, -0.15) is 9.56 Å². The summed E-state index contributed by atoms with van der Waals surface area (Å²) in [5.41, 5.74) is -2.98. The summed E-state index contributed by atoms with van der Waals surface area (Å²) in [5.74, 6) is 0. The summed E-state index contributed by atoms with van der Waals surface area (Å²) in [5, 5.41) is 36.6. The maximum absolute atomic E-state index is 13.8. The fourth-order valence-corrected chi connectivity index (χ4v) is 3.61. The molecule has 0 aromatic carbocycles. The van der Waals surface area contributed by atoms with Crippen molar-refractivity contribution in [2.45, 2.75) is 49.4 Å². The summed E-state index contributed by atoms with van der Waals surface area (Å²) in [7, 11) is -2.32. The molecule has 7 N–H and O–H groups in total. The highest BCUT2D eigenvalue weighted by atomic mass is 31.2. The molecule has 2 aliphatic heterocycles. The van der Waals surface area contributed by atoms with Crippen molar-refractivity contribution in [1.82, 2.24) is 19.1 Å². The normalized spacial score (nSPS) is 31.6. The Kier molecular flexibility index (Phi) is 10.1. The van der Waals surface area contributed by atoms with Crippen LogP contribution in [0.15, 0.2) is 43.7 Å². The fourth-order valence-electron chi connectivity index (χ4n) is 3.37. The predicted octanol–water partition coefficient (Wildman–Crippen LogP) is -3.58. The number of aromatic nitrogens is 4. The lowest BCUT2D eigenvalue weighted by Gasteiger charge is -2.16. The van der Waals surface area contributed by atoms with Crippen LogP contribution in [-0.4, -0.2) is 94.3 Å². The van der Waals surface area contributed by atoms with Gasteiger partial charge in [-0.1, -0.05) is 0 Å². The van der Waals surface area contributed by atoms with Gasteiger partial charge < -0.3 is 34.8 Å². The van der Waals surface area contributed by atoms with E-state index in [-0.39, 0.29) is 0 Å². The number of hydrogen-bond acceptors (Lipinski definition) is 13. The van der Waals surface area contributed by atoms with Crippen LogP contribution in [0.2, 0.25) is 0 Å². The first-order valence-electron chi connectivity index (χ1n) is 10.6. The van der Waals surface area contributed by atoms with Crippen LogP contribution in [0.5, 0.6) is 0 Å². The van der Waals surface area contributed by atoms with E-state index in [0.29, 0.717) is 0 Å². The van der Waals surface area contributed by atoms with Crippen molar-refractivity contribution in [2.24, 2.45) is 0 Å². The molecule has 0 radical (unpaired) electrons. The van der Waals surface area contributed by atoms with Crippen molar-refractivity contribution in [2.75, 3.05) is 13.0 Å². The number of rotatable bonds is 7. The van der Waals surface area contributed by atoms with Gasteiger partial charge in [-0.15, -0.1) is 0 Å². The van der Waals surface area contributed by atoms with Crippen LogP contribution in [0.3, 0.4) is 0 Å². The zero-order chi connectivity index (χ0) is 28.1. The highest BCUT2D eigenvalue weighted by molar-refractivity contribution is 7.45. The Labute approximate surface area is 209 Å². The minimum absolute atomic E-state index is 0.603. The van der Waals surface area contributed by atoms with Crippen molar-refractivity contribution in [3.05, 3.63) is 66.2 Å². The molecule has 0 aliphatic carbocycles. The summed E-state index contributed by atoms with van der Waals surface area (Å²) in [6.07, 6.45) is -11.4. The molecule has 0 amide bonds. The zero-order valence-electron chi connectivity index (χ0n) is 18.9. The van der Waals surface area contributed by atoms with Crippen LogP contribution in [0.1, 0.15) is 12.5 Å². The third-order valence-corrected chi connectivity index (χ3v) is 5.72. The lowest BCUT2D eigenvalue weighted by molar-refractivity contribution is -0.328. The number of aromatic amines is 2. The molecule has 4 rings (SSSR count). The number of H-pyrrole nitrogens is 2. The van der Waals surface area contributed by atoms with E-state index in [2.05, 4.69) is 9.56 Å². The van der Waals surface area contributed by atoms with Crippen molar-refractivity contribution in [3.63, 3.8) is 0 Å². The lowest BCUT2D eigenvalue weighted by atomic mass is 10.1. The minimum Gasteiger partial charge on any atom is -0.394 e. The molecule has 2 fully saturated rings. The van der Waals surface area contributed by atoms with Gasteiger partial charge in [0.1, 0.15) is 24.7 Å². The topological polar surface area (TPSA) is 248 Å². The second-order valence-electron chi connectivity index (χ2n) is 7.71. The molecule has 0 saturated carbocycles. The first kappa shape index (κ1) is 29.8. The number of alkyl halides is 2. The van der Waals surface area contributed by atoms with Crippen LogP contribution in [0, 0.1) is 0 Å². The molecule has 17 nitrogen and oxygen atoms in total. The minimum atomic E-state index is -2.32. The third-order valence-electron chi connectivity index (χ3n) is 5.22. The lowest BCUT2D eigenvalue weighted by Crippen LogP contribution is -2.36. The fraction of sp³-hybridized carbons (Fsp3) is 0.556. The SMILES string of the molecule is O=c1ccn([C@@H]2O[C@H](CO)C(F)[C@@H]2O)c(=O)[nH]1.O=c1ccn([C@@H]2O[C@H](OOP(O)CO)C(F)[C@@H]2O)c(=O)[nH]1. The third kappa shape index (κ3) is 6.64. The Hall–Kier alpha value is -2.71. The summed E-state index contributed by atoms with van der Waals surface area (Å²) in [6.45, 7) is -0.604. The van der Waals surface area contributed by atoms with Crippen molar-refractivity contribution in [1.29, 1.82) is 0 Å². The first-order chi connectivity index (χ1) is 18.0. The van der Waals surface area contributed by atoms with Gasteiger partial charge >= 0.3 is 11.4 Å². The Morgan fingerprint density at radius 1 is 0.895 bits per heavy atom. The van der Waals surface area contributed by atoms with Crippen molar-refractivity contribution < 1.29 is 53.1 Å². The molecule has 3 unspecified atom stereocenters. The highest BCUT2D eigenvalue weighted by Crippen LogP contribution is 2.36. The highest BCUT2D eigenvalue weighted by Gasteiger charge is 2.47. The molecular formula is C18H23F2N4O13P. The standard InChI is InChI=1S/C9H12FN2O8P.C9H11FN2O5/c10-5-6(15)7(12-2-1-4(14)11-9(12)16)18-8(5)19-20-21(17)3-13;10-6-4(3-13)17-8(7(6)15)12-2-1-5(14)11-9(12)16/h1-2,5-8,13,15,17H,3H2,(H,11,14,16);1-2,4,6-8,13,15H,3H2,(H,11,14,16)/t5?,6-,7+,8+,21?;4-,6?,7+,8-/m01/s1. The summed E-state index contributed by atoms with van der Waals surface area (Å²) < 4.78 is 43.1. The number of halogens is 2. The molecule has 38 heavy (non-hydrogen) atoms. The molecule has 212 valence electrons. The van der Waals surface area contributed by atoms with Gasteiger partial charge in [-0.25, -0.2) is 18.4 Å². The van der Waals surface area contributed by atoms with Gasteiger partial charge in [0.05, 0.1) is 6.61 Å². The van der Waals surface area contributed by atoms with Crippen molar-refractivity contribution >= 4 is 8.38 Å². The second-order valence-corrected chi connectivity index (χ2v) is 8.85. The Balaban J connectivity index is 0.000000215. The summed E-state index contributed by atoms with van der Waals surface area (Å²) >= 11 is 0. The van der Waals surface area contributed by atoms with E-state index in [1.54, 1.807) is 0 Å². The molecular weight excluding hydrogens is 549 g/mol. The van der Waals surface area contributed by atoms with Gasteiger partial charge in [0.2, 0.25) is 14.7 Å². The zero-order valence-corrected chi connectivity index (χ0v) is 19.8. The van der Waals surface area contributed by atoms with Crippen LogP contribution in [0.25, 0.3) is 0 Å². The number of aliphatic hydroxyl groups excluding tert-OH is 4. The average Bonchev–Trinajstić information content (AvgIpc) is 3.32. The molecule has 0 spiro atoms. The maximum Gasteiger partial charge on any atom is 0.330 e. The van der Waals surface area contributed by atoms with Crippen LogP contribution in [-0.2, 0) is 19.0 Å². The van der Waals surface area contributed by atoms with E-state index in [0.717, 1.165) is 33.7 Å². The van der Waals surface area contributed by atoms with E-state index < -0.39 is 93.2 Å². The average molecular weight is 572 g/mol. The van der Waals surface area contributed by atoms with Gasteiger partial charge in [0, 0.05) is 24.5 Å². The molecule has 0 bridgehead atoms. The van der Waals surface area contributed by atoms with Gasteiger partial charge in [0.15, 0.2) is 24.8 Å². The molecule has 20 heteroatoms. The van der Waals surface area contributed by atoms with Crippen molar-refractivity contribution in [3.8, 4) is 0 Å². The Morgan fingerprint density at radius 3 is 1.84 bits per heavy atom. The van der Waals surface area contributed by atoms with Gasteiger partial charge in [-0.05, 0) is 0 Å². The Morgan fingerprint density at radius 2 is 1.39 bits per heavy atom. The van der Waals surface area contributed by atoms with E-state index in [1.165, 1.54) is 0 Å². The van der Waals surface area contributed by atoms with Crippen LogP contribution >= 0.6 is 8.38 Å². The number of nitrogens with one attached hydrogen (secondary N) is 2. The van der Waals surface area contributed by atoms with E-state index in [9.17, 15) is 38.2 Å². The first-order valence-corrected chi connectivity index (χ1v) is 12.0. The van der Waals surface area contributed by atoms with E-state index in [1.807, 2.05) is 9.97 Å². The molecule has 2 aromatic rings. The van der Waals surface area contributed by atoms with Gasteiger partial charge in [-0.3, -0.25) is 28.7 Å². The second kappa shape index (κ2) is 12.9. The number of hydrogen-bond donors (Lipinski definition) is 7. The molecule has 4 heterocycles. The van der Waals surface area contributed by atoms with Crippen LogP contribution < -0.4 is 22.5 Å².